The first-order chi connectivity index (χ1) is 14.5. The van der Waals surface area contributed by atoms with Crippen LogP contribution in [-0.4, -0.2) is 46.4 Å². The second-order valence-electron chi connectivity index (χ2n) is 8.00. The quantitative estimate of drug-likeness (QED) is 0.766. The zero-order valence-corrected chi connectivity index (χ0v) is 17.4. The topological polar surface area (TPSA) is 88.6 Å². The number of fused-ring (bicyclic) bond motifs is 2. The first-order valence-electron chi connectivity index (χ1n) is 10.7. The minimum absolute atomic E-state index is 0.102. The average Bonchev–Trinajstić information content (AvgIpc) is 3.08. The number of carbonyl (C=O) groups is 3. The van der Waals surface area contributed by atoms with Gasteiger partial charge in [-0.15, -0.1) is 0 Å². The Morgan fingerprint density at radius 3 is 2.70 bits per heavy atom. The van der Waals surface area contributed by atoms with Crippen LogP contribution in [0.2, 0.25) is 0 Å². The van der Waals surface area contributed by atoms with E-state index in [9.17, 15) is 14.4 Å². The number of hydrogen-bond acceptors (Lipinski definition) is 5. The summed E-state index contributed by atoms with van der Waals surface area (Å²) in [6, 6.07) is 6.73. The van der Waals surface area contributed by atoms with Crippen LogP contribution in [0.25, 0.3) is 10.9 Å². The Hall–Kier alpha value is -2.96. The van der Waals surface area contributed by atoms with Gasteiger partial charge in [-0.3, -0.25) is 9.59 Å². The number of rotatable bonds is 5. The van der Waals surface area contributed by atoms with E-state index in [2.05, 4.69) is 10.3 Å². The molecule has 0 saturated heterocycles. The summed E-state index contributed by atoms with van der Waals surface area (Å²) in [5, 5.41) is 3.42. The van der Waals surface area contributed by atoms with Crippen LogP contribution in [0.3, 0.4) is 0 Å². The molecule has 1 saturated carbocycles. The van der Waals surface area contributed by atoms with Crippen LogP contribution < -0.4 is 5.32 Å². The summed E-state index contributed by atoms with van der Waals surface area (Å²) in [5.41, 5.74) is 2.04. The maximum atomic E-state index is 13.3. The molecule has 7 heteroatoms. The number of pyridine rings is 1. The van der Waals surface area contributed by atoms with Gasteiger partial charge >= 0.3 is 5.97 Å². The number of ether oxygens (including phenoxy) is 1. The van der Waals surface area contributed by atoms with Gasteiger partial charge in [-0.1, -0.05) is 37.5 Å². The van der Waals surface area contributed by atoms with Crippen LogP contribution >= 0.6 is 0 Å². The molecular weight excluding hydrogens is 382 g/mol. The standard InChI is InChI=1S/C23H27N3O4/c1-3-30-23(29)14(2)24-21(27)19-16-11-7-8-12-18(16)25-20-17(19)13-26(22(20)28)15-9-5-4-6-10-15/h7-8,11-12,14-15H,3-6,9-10,13H2,1-2H3,(H,24,27)/t14-/m1/s1. The summed E-state index contributed by atoms with van der Waals surface area (Å²) < 4.78 is 5.01. The van der Waals surface area contributed by atoms with E-state index >= 15 is 0 Å². The lowest BCUT2D eigenvalue weighted by Crippen LogP contribution is -2.40. The zero-order chi connectivity index (χ0) is 21.3. The SMILES string of the molecule is CCOC(=O)[C@@H](C)NC(=O)c1c2c(nc3ccccc13)C(=O)N(C1CCCCC1)C2. The third-order valence-corrected chi connectivity index (χ3v) is 6.02. The number of amides is 2. The Morgan fingerprint density at radius 1 is 1.23 bits per heavy atom. The van der Waals surface area contributed by atoms with Crippen molar-refractivity contribution in [2.45, 2.75) is 64.6 Å². The van der Waals surface area contributed by atoms with E-state index in [-0.39, 0.29) is 24.5 Å². The van der Waals surface area contributed by atoms with Crippen molar-refractivity contribution in [3.63, 3.8) is 0 Å². The highest BCUT2D eigenvalue weighted by Crippen LogP contribution is 2.34. The van der Waals surface area contributed by atoms with Crippen LogP contribution in [0.5, 0.6) is 0 Å². The lowest BCUT2D eigenvalue weighted by molar-refractivity contribution is -0.144. The minimum atomic E-state index is -0.786. The molecule has 4 rings (SSSR count). The summed E-state index contributed by atoms with van der Waals surface area (Å²) in [6.07, 6.45) is 5.41. The fraction of sp³-hybridized carbons (Fsp3) is 0.478. The van der Waals surface area contributed by atoms with E-state index in [0.717, 1.165) is 25.7 Å². The summed E-state index contributed by atoms with van der Waals surface area (Å²) in [7, 11) is 0. The van der Waals surface area contributed by atoms with Crippen molar-refractivity contribution in [2.75, 3.05) is 6.61 Å². The molecule has 1 fully saturated rings. The van der Waals surface area contributed by atoms with Crippen LogP contribution in [0.15, 0.2) is 24.3 Å². The Labute approximate surface area is 175 Å². The second-order valence-corrected chi connectivity index (χ2v) is 8.00. The molecule has 1 aliphatic heterocycles. The summed E-state index contributed by atoms with van der Waals surface area (Å²) in [6.45, 7) is 3.95. The lowest BCUT2D eigenvalue weighted by Gasteiger charge is -2.30. The third kappa shape index (κ3) is 3.64. The molecule has 1 aliphatic carbocycles. The number of para-hydroxylation sites is 1. The Kier molecular flexibility index (Phi) is 5.70. The van der Waals surface area contributed by atoms with E-state index in [4.69, 9.17) is 4.74 Å². The molecule has 0 bridgehead atoms. The van der Waals surface area contributed by atoms with Crippen molar-refractivity contribution >= 4 is 28.7 Å². The number of nitrogens with one attached hydrogen (secondary N) is 1. The molecule has 2 heterocycles. The van der Waals surface area contributed by atoms with Crippen LogP contribution in [-0.2, 0) is 16.1 Å². The first kappa shape index (κ1) is 20.3. The molecule has 158 valence electrons. The molecule has 1 aromatic carbocycles. The minimum Gasteiger partial charge on any atom is -0.464 e. The van der Waals surface area contributed by atoms with Gasteiger partial charge in [0.1, 0.15) is 11.7 Å². The van der Waals surface area contributed by atoms with Crippen molar-refractivity contribution < 1.29 is 19.1 Å². The van der Waals surface area contributed by atoms with E-state index < -0.39 is 12.0 Å². The fourth-order valence-electron chi connectivity index (χ4n) is 4.50. The van der Waals surface area contributed by atoms with Crippen LogP contribution in [0.4, 0.5) is 0 Å². The number of nitrogens with zero attached hydrogens (tertiary/aromatic N) is 2. The molecule has 7 nitrogen and oxygen atoms in total. The number of carbonyl (C=O) groups excluding carboxylic acids is 3. The van der Waals surface area contributed by atoms with Crippen LogP contribution in [0, 0.1) is 0 Å². The van der Waals surface area contributed by atoms with Gasteiger partial charge in [0.2, 0.25) is 0 Å². The third-order valence-electron chi connectivity index (χ3n) is 6.02. The average molecular weight is 409 g/mol. The van der Waals surface area contributed by atoms with Gasteiger partial charge in [0.05, 0.1) is 17.7 Å². The van der Waals surface area contributed by atoms with E-state index in [1.807, 2.05) is 23.1 Å². The van der Waals surface area contributed by atoms with Gasteiger partial charge in [0.25, 0.3) is 11.8 Å². The maximum Gasteiger partial charge on any atom is 0.328 e. The van der Waals surface area contributed by atoms with Gasteiger partial charge in [0.15, 0.2) is 0 Å². The van der Waals surface area contributed by atoms with Gasteiger partial charge in [0, 0.05) is 23.5 Å². The number of hydrogen-bond donors (Lipinski definition) is 1. The summed E-state index contributed by atoms with van der Waals surface area (Å²) in [4.78, 5) is 44.9. The largest absolute Gasteiger partial charge is 0.464 e. The normalized spacial score (nSPS) is 17.7. The fourth-order valence-corrected chi connectivity index (χ4v) is 4.50. The molecule has 0 radical (unpaired) electrons. The highest BCUT2D eigenvalue weighted by Gasteiger charge is 2.38. The molecule has 0 spiro atoms. The molecule has 2 aromatic rings. The van der Waals surface area contributed by atoms with Crippen molar-refractivity contribution in [2.24, 2.45) is 0 Å². The van der Waals surface area contributed by atoms with Crippen molar-refractivity contribution in [3.05, 3.63) is 41.1 Å². The predicted molar refractivity (Wildman–Crippen MR) is 112 cm³/mol. The molecule has 1 N–H and O–H groups in total. The summed E-state index contributed by atoms with van der Waals surface area (Å²) in [5.74, 6) is -0.973. The maximum absolute atomic E-state index is 13.3. The molecule has 2 aliphatic rings. The van der Waals surface area contributed by atoms with Gasteiger partial charge in [-0.05, 0) is 32.8 Å². The Morgan fingerprint density at radius 2 is 1.97 bits per heavy atom. The molecule has 30 heavy (non-hydrogen) atoms. The number of benzene rings is 1. The second kappa shape index (κ2) is 8.42. The van der Waals surface area contributed by atoms with Gasteiger partial charge in [-0.2, -0.15) is 0 Å². The molecule has 1 atom stereocenters. The predicted octanol–water partition coefficient (Wildman–Crippen LogP) is 3.20. The number of esters is 1. The summed E-state index contributed by atoms with van der Waals surface area (Å²) >= 11 is 0. The Bertz CT molecular complexity index is 997. The van der Waals surface area contributed by atoms with Crippen molar-refractivity contribution in [3.8, 4) is 0 Å². The first-order valence-corrected chi connectivity index (χ1v) is 10.7. The zero-order valence-electron chi connectivity index (χ0n) is 17.4. The monoisotopic (exact) mass is 409 g/mol. The van der Waals surface area contributed by atoms with E-state index in [0.29, 0.717) is 34.3 Å². The van der Waals surface area contributed by atoms with Crippen molar-refractivity contribution in [1.29, 1.82) is 0 Å². The molecule has 2 amide bonds. The molecular formula is C23H27N3O4. The van der Waals surface area contributed by atoms with Crippen molar-refractivity contribution in [1.82, 2.24) is 15.2 Å². The smallest absolute Gasteiger partial charge is 0.328 e. The van der Waals surface area contributed by atoms with Crippen LogP contribution in [0.1, 0.15) is 72.4 Å². The Balaban J connectivity index is 1.72. The molecule has 1 aromatic heterocycles. The van der Waals surface area contributed by atoms with Gasteiger partial charge in [-0.25, -0.2) is 9.78 Å². The molecule has 0 unspecified atom stereocenters. The lowest BCUT2D eigenvalue weighted by atomic mass is 9.94. The van der Waals surface area contributed by atoms with E-state index in [1.54, 1.807) is 19.9 Å². The highest BCUT2D eigenvalue weighted by atomic mass is 16.5. The van der Waals surface area contributed by atoms with E-state index in [1.165, 1.54) is 6.42 Å². The number of aromatic nitrogens is 1. The highest BCUT2D eigenvalue weighted by molar-refractivity contribution is 6.12. The van der Waals surface area contributed by atoms with Gasteiger partial charge < -0.3 is 15.0 Å².